The van der Waals surface area contributed by atoms with E-state index in [0.29, 0.717) is 17.5 Å². The summed E-state index contributed by atoms with van der Waals surface area (Å²) in [5.74, 6) is 1.95. The van der Waals surface area contributed by atoms with E-state index in [9.17, 15) is 0 Å². The van der Waals surface area contributed by atoms with Gasteiger partial charge in [0.05, 0.1) is 0 Å². The predicted molar refractivity (Wildman–Crippen MR) is 213 cm³/mol. The maximum absolute atomic E-state index is 5.15. The fourth-order valence-corrected chi connectivity index (χ4v) is 9.20. The summed E-state index contributed by atoms with van der Waals surface area (Å²) in [6, 6.07) is 58.0. The number of thiophene rings is 2. The molecule has 0 aliphatic rings. The lowest BCUT2D eigenvalue weighted by Gasteiger charge is -2.15. The molecule has 0 aliphatic heterocycles. The number of aromatic nitrogens is 3. The molecule has 0 aliphatic carbocycles. The smallest absolute Gasteiger partial charge is 0.164 e. The molecule has 0 saturated carbocycles. The minimum atomic E-state index is 0.647. The first-order chi connectivity index (χ1) is 24.8. The summed E-state index contributed by atoms with van der Waals surface area (Å²) in [5.41, 5.74) is 7.46. The number of rotatable bonds is 5. The van der Waals surface area contributed by atoms with Gasteiger partial charge < -0.3 is 0 Å². The summed E-state index contributed by atoms with van der Waals surface area (Å²) in [4.78, 5) is 15.3. The Morgan fingerprint density at radius 3 is 1.58 bits per heavy atom. The van der Waals surface area contributed by atoms with Gasteiger partial charge in [-0.1, -0.05) is 121 Å². The van der Waals surface area contributed by atoms with Gasteiger partial charge in [-0.25, -0.2) is 15.0 Å². The molecule has 0 N–H and O–H groups in total. The van der Waals surface area contributed by atoms with Crippen molar-refractivity contribution >= 4 is 63.0 Å². The van der Waals surface area contributed by atoms with Gasteiger partial charge in [-0.15, -0.1) is 22.7 Å². The molecular formula is C45H27N3S2. The van der Waals surface area contributed by atoms with Crippen molar-refractivity contribution in [3.63, 3.8) is 0 Å². The average Bonchev–Trinajstić information content (AvgIpc) is 3.76. The second-order valence-corrected chi connectivity index (χ2v) is 14.6. The van der Waals surface area contributed by atoms with Crippen LogP contribution in [0.25, 0.3) is 96.8 Å². The zero-order valence-electron chi connectivity index (χ0n) is 26.7. The Kier molecular flexibility index (Phi) is 6.86. The molecule has 234 valence electrons. The zero-order chi connectivity index (χ0) is 33.0. The molecule has 0 bridgehead atoms. The minimum Gasteiger partial charge on any atom is -0.208 e. The van der Waals surface area contributed by atoms with E-state index in [0.717, 1.165) is 33.4 Å². The van der Waals surface area contributed by atoms with Crippen LogP contribution in [0.3, 0.4) is 0 Å². The molecule has 10 aromatic rings. The average molecular weight is 674 g/mol. The largest absolute Gasteiger partial charge is 0.208 e. The molecule has 0 fully saturated rings. The number of nitrogens with zero attached hydrogens (tertiary/aromatic N) is 3. The van der Waals surface area contributed by atoms with Gasteiger partial charge >= 0.3 is 0 Å². The van der Waals surface area contributed by atoms with Crippen LogP contribution >= 0.6 is 22.7 Å². The second-order valence-electron chi connectivity index (χ2n) is 12.4. The van der Waals surface area contributed by atoms with Gasteiger partial charge in [0.1, 0.15) is 0 Å². The molecular weight excluding hydrogens is 647 g/mol. The van der Waals surface area contributed by atoms with Crippen molar-refractivity contribution in [1.29, 1.82) is 0 Å². The van der Waals surface area contributed by atoms with Crippen molar-refractivity contribution in [3.05, 3.63) is 164 Å². The van der Waals surface area contributed by atoms with Crippen molar-refractivity contribution in [2.24, 2.45) is 0 Å². The zero-order valence-corrected chi connectivity index (χ0v) is 28.4. The van der Waals surface area contributed by atoms with Gasteiger partial charge in [-0.2, -0.15) is 0 Å². The Morgan fingerprint density at radius 1 is 0.300 bits per heavy atom. The summed E-state index contributed by atoms with van der Waals surface area (Å²) in [5, 5.41) is 5.12. The van der Waals surface area contributed by atoms with Crippen molar-refractivity contribution in [3.8, 4) is 56.4 Å². The van der Waals surface area contributed by atoms with Crippen LogP contribution in [-0.2, 0) is 0 Å². The lowest BCUT2D eigenvalue weighted by Crippen LogP contribution is -2.01. The van der Waals surface area contributed by atoms with Crippen LogP contribution in [-0.4, -0.2) is 15.0 Å². The highest BCUT2D eigenvalue weighted by Crippen LogP contribution is 2.44. The first-order valence-corrected chi connectivity index (χ1v) is 18.2. The quantitative estimate of drug-likeness (QED) is 0.182. The minimum absolute atomic E-state index is 0.647. The van der Waals surface area contributed by atoms with Crippen LogP contribution in [0, 0.1) is 0 Å². The lowest BCUT2D eigenvalue weighted by atomic mass is 9.92. The van der Waals surface area contributed by atoms with Crippen LogP contribution < -0.4 is 0 Å². The van der Waals surface area contributed by atoms with Crippen LogP contribution in [0.4, 0.5) is 0 Å². The van der Waals surface area contributed by atoms with E-state index in [1.807, 2.05) is 59.1 Å². The standard InChI is InChI=1S/C45H27N3S2/c1-3-12-28(13-4-1)43-46-44(29-14-5-2-6-15-29)48-45(47-43)34-24-22-30(32-18-11-21-41-42(32)35-17-8-10-20-39(35)50-41)26-36(34)31-23-25-40-37(27-31)33-16-7-9-19-38(33)49-40/h1-27H. The van der Waals surface area contributed by atoms with Crippen molar-refractivity contribution < 1.29 is 0 Å². The third-order valence-corrected chi connectivity index (χ3v) is 11.6. The van der Waals surface area contributed by atoms with Crippen LogP contribution in [0.5, 0.6) is 0 Å². The maximum Gasteiger partial charge on any atom is 0.164 e. The molecule has 10 rings (SSSR count). The summed E-state index contributed by atoms with van der Waals surface area (Å²) in [6.07, 6.45) is 0. The highest BCUT2D eigenvalue weighted by atomic mass is 32.1. The normalized spacial score (nSPS) is 11.6. The highest BCUT2D eigenvalue weighted by Gasteiger charge is 2.19. The lowest BCUT2D eigenvalue weighted by molar-refractivity contribution is 1.07. The molecule has 0 radical (unpaired) electrons. The third kappa shape index (κ3) is 4.90. The summed E-state index contributed by atoms with van der Waals surface area (Å²) in [6.45, 7) is 0. The topological polar surface area (TPSA) is 38.7 Å². The number of fused-ring (bicyclic) bond motifs is 6. The number of hydrogen-bond donors (Lipinski definition) is 0. The Morgan fingerprint density at radius 2 is 0.840 bits per heavy atom. The molecule has 0 spiro atoms. The van der Waals surface area contributed by atoms with Crippen LogP contribution in [0.1, 0.15) is 0 Å². The van der Waals surface area contributed by atoms with E-state index in [1.165, 1.54) is 45.9 Å². The maximum atomic E-state index is 5.15. The third-order valence-electron chi connectivity index (χ3n) is 9.36. The Bertz CT molecular complexity index is 2810. The van der Waals surface area contributed by atoms with Gasteiger partial charge in [-0.3, -0.25) is 0 Å². The molecule has 3 heterocycles. The molecule has 3 nitrogen and oxygen atoms in total. The molecule has 3 aromatic heterocycles. The highest BCUT2D eigenvalue weighted by molar-refractivity contribution is 7.26. The van der Waals surface area contributed by atoms with Gasteiger partial charge in [0, 0.05) is 57.0 Å². The fourth-order valence-electron chi connectivity index (χ4n) is 6.98. The summed E-state index contributed by atoms with van der Waals surface area (Å²) >= 11 is 3.68. The van der Waals surface area contributed by atoms with Crippen molar-refractivity contribution in [2.45, 2.75) is 0 Å². The van der Waals surface area contributed by atoms with E-state index in [4.69, 9.17) is 15.0 Å². The Labute approximate surface area is 296 Å². The van der Waals surface area contributed by atoms with Gasteiger partial charge in [0.2, 0.25) is 0 Å². The summed E-state index contributed by atoms with van der Waals surface area (Å²) in [7, 11) is 0. The van der Waals surface area contributed by atoms with E-state index in [1.54, 1.807) is 0 Å². The molecule has 0 atom stereocenters. The fraction of sp³-hybridized carbons (Fsp3) is 0. The summed E-state index contributed by atoms with van der Waals surface area (Å²) < 4.78 is 5.16. The van der Waals surface area contributed by atoms with Gasteiger partial charge in [0.25, 0.3) is 0 Å². The van der Waals surface area contributed by atoms with Crippen LogP contribution in [0.15, 0.2) is 164 Å². The Hall–Kier alpha value is -6.01. The predicted octanol–water partition coefficient (Wildman–Crippen LogP) is 12.9. The monoisotopic (exact) mass is 673 g/mol. The first-order valence-electron chi connectivity index (χ1n) is 16.6. The molecule has 0 unspecified atom stereocenters. The molecule has 7 aromatic carbocycles. The molecule has 50 heavy (non-hydrogen) atoms. The van der Waals surface area contributed by atoms with E-state index < -0.39 is 0 Å². The number of hydrogen-bond acceptors (Lipinski definition) is 5. The van der Waals surface area contributed by atoms with E-state index >= 15 is 0 Å². The SMILES string of the molecule is c1ccc(-c2nc(-c3ccccc3)nc(-c3ccc(-c4cccc5sc6ccccc6c45)cc3-c3ccc4sc5ccccc5c4c3)n2)cc1. The Balaban J connectivity index is 1.25. The number of benzene rings is 7. The van der Waals surface area contributed by atoms with Gasteiger partial charge in [0.15, 0.2) is 17.5 Å². The van der Waals surface area contributed by atoms with E-state index in [2.05, 4.69) is 127 Å². The second kappa shape index (κ2) is 11.8. The van der Waals surface area contributed by atoms with E-state index in [-0.39, 0.29) is 0 Å². The first kappa shape index (κ1) is 29.0. The molecule has 0 saturated heterocycles. The molecule has 5 heteroatoms. The molecule has 0 amide bonds. The van der Waals surface area contributed by atoms with Gasteiger partial charge in [-0.05, 0) is 64.7 Å². The van der Waals surface area contributed by atoms with Crippen molar-refractivity contribution in [1.82, 2.24) is 15.0 Å². The van der Waals surface area contributed by atoms with Crippen molar-refractivity contribution in [2.75, 3.05) is 0 Å². The van der Waals surface area contributed by atoms with Crippen LogP contribution in [0.2, 0.25) is 0 Å².